The third kappa shape index (κ3) is 3.66. The van der Waals surface area contributed by atoms with Crippen LogP contribution in [0.4, 0.5) is 0 Å². The van der Waals surface area contributed by atoms with Gasteiger partial charge in [-0.2, -0.15) is 12.6 Å². The van der Waals surface area contributed by atoms with E-state index in [0.717, 1.165) is 23.5 Å². The summed E-state index contributed by atoms with van der Waals surface area (Å²) < 4.78 is 0. The molecular weight excluding hydrogens is 238 g/mol. The van der Waals surface area contributed by atoms with Crippen molar-refractivity contribution in [3.05, 3.63) is 0 Å². The first-order valence-corrected chi connectivity index (χ1v) is 8.47. The fourth-order valence-corrected chi connectivity index (χ4v) is 4.42. The van der Waals surface area contributed by atoms with Crippen molar-refractivity contribution in [3.8, 4) is 0 Å². The zero-order valence-corrected chi connectivity index (χ0v) is 13.4. The lowest BCUT2D eigenvalue weighted by molar-refractivity contribution is 0.0623. The van der Waals surface area contributed by atoms with Crippen molar-refractivity contribution < 1.29 is 0 Å². The van der Waals surface area contributed by atoms with Crippen molar-refractivity contribution >= 4 is 12.6 Å². The van der Waals surface area contributed by atoms with E-state index in [0.29, 0.717) is 5.41 Å². The standard InChI is InChI=1S/C16H31NS/c1-16(2,3)15(12-18)11-17-9-8-13-6-4-5-7-14(13)10-17/h13-15,18H,4-12H2,1-3H3. The van der Waals surface area contributed by atoms with Gasteiger partial charge in [-0.1, -0.05) is 40.0 Å². The van der Waals surface area contributed by atoms with E-state index in [1.54, 1.807) is 0 Å². The maximum absolute atomic E-state index is 4.57. The summed E-state index contributed by atoms with van der Waals surface area (Å²) in [6, 6.07) is 0. The first kappa shape index (κ1) is 14.7. The van der Waals surface area contributed by atoms with Gasteiger partial charge in [0.05, 0.1) is 0 Å². The third-order valence-electron chi connectivity index (χ3n) is 5.30. The minimum atomic E-state index is 0.394. The predicted octanol–water partition coefficient (Wildman–Crippen LogP) is 4.09. The zero-order valence-electron chi connectivity index (χ0n) is 12.5. The lowest BCUT2D eigenvalue weighted by Gasteiger charge is -2.43. The molecule has 0 aromatic carbocycles. The second-order valence-electron chi connectivity index (χ2n) is 7.60. The van der Waals surface area contributed by atoms with Gasteiger partial charge < -0.3 is 4.90 Å². The van der Waals surface area contributed by atoms with Crippen LogP contribution in [0.25, 0.3) is 0 Å². The Balaban J connectivity index is 1.87. The van der Waals surface area contributed by atoms with Crippen LogP contribution in [0.5, 0.6) is 0 Å². The zero-order chi connectivity index (χ0) is 13.2. The molecule has 0 radical (unpaired) electrons. The highest BCUT2D eigenvalue weighted by Crippen LogP contribution is 2.37. The second-order valence-corrected chi connectivity index (χ2v) is 7.96. The van der Waals surface area contributed by atoms with Crippen LogP contribution in [0.2, 0.25) is 0 Å². The van der Waals surface area contributed by atoms with Crippen LogP contribution >= 0.6 is 12.6 Å². The molecule has 18 heavy (non-hydrogen) atoms. The smallest absolute Gasteiger partial charge is 0.00226 e. The summed E-state index contributed by atoms with van der Waals surface area (Å²) in [4.78, 5) is 2.73. The van der Waals surface area contributed by atoms with Crippen LogP contribution in [-0.4, -0.2) is 30.3 Å². The largest absolute Gasteiger partial charge is 0.303 e. The van der Waals surface area contributed by atoms with E-state index in [2.05, 4.69) is 38.3 Å². The Labute approximate surface area is 119 Å². The molecule has 2 aliphatic rings. The number of thiol groups is 1. The van der Waals surface area contributed by atoms with E-state index in [-0.39, 0.29) is 0 Å². The maximum atomic E-state index is 4.57. The Hall–Kier alpha value is 0.310. The van der Waals surface area contributed by atoms with Gasteiger partial charge >= 0.3 is 0 Å². The van der Waals surface area contributed by atoms with E-state index in [9.17, 15) is 0 Å². The van der Waals surface area contributed by atoms with Crippen LogP contribution in [0.1, 0.15) is 52.9 Å². The van der Waals surface area contributed by atoms with Gasteiger partial charge in [0.15, 0.2) is 0 Å². The molecule has 2 heteroatoms. The topological polar surface area (TPSA) is 3.24 Å². The van der Waals surface area contributed by atoms with E-state index in [1.807, 2.05) is 0 Å². The molecule has 1 aliphatic heterocycles. The number of rotatable bonds is 3. The van der Waals surface area contributed by atoms with E-state index in [4.69, 9.17) is 0 Å². The first-order valence-electron chi connectivity index (χ1n) is 7.84. The molecule has 1 nitrogen and oxygen atoms in total. The number of likely N-dealkylation sites (tertiary alicyclic amines) is 1. The number of hydrogen-bond acceptors (Lipinski definition) is 2. The van der Waals surface area contributed by atoms with Gasteiger partial charge in [0.25, 0.3) is 0 Å². The number of hydrogen-bond donors (Lipinski definition) is 1. The molecule has 1 saturated heterocycles. The van der Waals surface area contributed by atoms with E-state index < -0.39 is 0 Å². The van der Waals surface area contributed by atoms with Crippen molar-refractivity contribution in [2.45, 2.75) is 52.9 Å². The molecule has 1 saturated carbocycles. The monoisotopic (exact) mass is 269 g/mol. The van der Waals surface area contributed by atoms with E-state index in [1.165, 1.54) is 51.7 Å². The maximum Gasteiger partial charge on any atom is 0.00226 e. The Bertz CT molecular complexity index is 258. The fourth-order valence-electron chi connectivity index (χ4n) is 3.76. The highest BCUT2D eigenvalue weighted by molar-refractivity contribution is 7.80. The minimum absolute atomic E-state index is 0.394. The second kappa shape index (κ2) is 6.17. The molecule has 0 aromatic heterocycles. The molecule has 0 N–H and O–H groups in total. The molecule has 2 rings (SSSR count). The lowest BCUT2D eigenvalue weighted by atomic mass is 9.74. The summed E-state index contributed by atoms with van der Waals surface area (Å²) >= 11 is 4.57. The van der Waals surface area contributed by atoms with Crippen LogP contribution in [0.3, 0.4) is 0 Å². The van der Waals surface area contributed by atoms with Crippen LogP contribution in [0, 0.1) is 23.2 Å². The van der Waals surface area contributed by atoms with Crippen molar-refractivity contribution in [2.24, 2.45) is 23.2 Å². The van der Waals surface area contributed by atoms with Crippen molar-refractivity contribution in [3.63, 3.8) is 0 Å². The van der Waals surface area contributed by atoms with Gasteiger partial charge in [0.1, 0.15) is 0 Å². The summed E-state index contributed by atoms with van der Waals surface area (Å²) in [5, 5.41) is 0. The van der Waals surface area contributed by atoms with Crippen LogP contribution < -0.4 is 0 Å². The van der Waals surface area contributed by atoms with Crippen molar-refractivity contribution in [2.75, 3.05) is 25.4 Å². The normalized spacial score (nSPS) is 32.0. The summed E-state index contributed by atoms with van der Waals surface area (Å²) in [6.07, 6.45) is 7.41. The Kier molecular flexibility index (Phi) is 5.05. The van der Waals surface area contributed by atoms with E-state index >= 15 is 0 Å². The highest BCUT2D eigenvalue weighted by atomic mass is 32.1. The Morgan fingerprint density at radius 2 is 1.78 bits per heavy atom. The third-order valence-corrected chi connectivity index (χ3v) is 5.74. The molecule has 1 heterocycles. The van der Waals surface area contributed by atoms with Crippen LogP contribution in [0.15, 0.2) is 0 Å². The number of fused-ring (bicyclic) bond motifs is 1. The Morgan fingerprint density at radius 1 is 1.11 bits per heavy atom. The first-order chi connectivity index (χ1) is 8.50. The summed E-state index contributed by atoms with van der Waals surface area (Å²) in [5.41, 5.74) is 0.394. The van der Waals surface area contributed by atoms with Crippen molar-refractivity contribution in [1.82, 2.24) is 4.90 Å². The summed E-state index contributed by atoms with van der Waals surface area (Å²) in [6.45, 7) is 11.0. The lowest BCUT2D eigenvalue weighted by Crippen LogP contribution is -2.45. The minimum Gasteiger partial charge on any atom is -0.303 e. The number of nitrogens with zero attached hydrogens (tertiary/aromatic N) is 1. The Morgan fingerprint density at radius 3 is 2.39 bits per heavy atom. The molecule has 0 bridgehead atoms. The van der Waals surface area contributed by atoms with Gasteiger partial charge in [-0.3, -0.25) is 0 Å². The fraction of sp³-hybridized carbons (Fsp3) is 1.00. The highest BCUT2D eigenvalue weighted by Gasteiger charge is 2.33. The van der Waals surface area contributed by atoms with Crippen molar-refractivity contribution in [1.29, 1.82) is 0 Å². The number of piperidine rings is 1. The van der Waals surface area contributed by atoms with Gasteiger partial charge in [-0.05, 0) is 48.3 Å². The van der Waals surface area contributed by atoms with Crippen LogP contribution in [-0.2, 0) is 0 Å². The van der Waals surface area contributed by atoms with Gasteiger partial charge in [0, 0.05) is 13.1 Å². The van der Waals surface area contributed by atoms with Gasteiger partial charge in [0.2, 0.25) is 0 Å². The molecule has 1 aliphatic carbocycles. The molecule has 3 unspecified atom stereocenters. The average molecular weight is 269 g/mol. The average Bonchev–Trinajstić information content (AvgIpc) is 2.34. The SMILES string of the molecule is CC(C)(C)C(CS)CN1CCC2CCCCC2C1. The molecule has 0 amide bonds. The molecule has 3 atom stereocenters. The molecular formula is C16H31NS. The predicted molar refractivity (Wildman–Crippen MR) is 83.3 cm³/mol. The van der Waals surface area contributed by atoms with Gasteiger partial charge in [-0.25, -0.2) is 0 Å². The summed E-state index contributed by atoms with van der Waals surface area (Å²) in [5.74, 6) is 3.81. The molecule has 106 valence electrons. The molecule has 0 aromatic rings. The molecule has 0 spiro atoms. The summed E-state index contributed by atoms with van der Waals surface area (Å²) in [7, 11) is 0. The molecule has 2 fully saturated rings. The van der Waals surface area contributed by atoms with Gasteiger partial charge in [-0.15, -0.1) is 0 Å². The quantitative estimate of drug-likeness (QED) is 0.755.